The van der Waals surface area contributed by atoms with Gasteiger partial charge in [0.15, 0.2) is 0 Å². The topological polar surface area (TPSA) is 103 Å². The number of aryl methyl sites for hydroxylation is 1. The highest BCUT2D eigenvalue weighted by Gasteiger charge is 2.10. The number of hydrogen-bond donors (Lipinski definition) is 3. The molecule has 0 saturated carbocycles. The van der Waals surface area contributed by atoms with Crippen LogP contribution >= 0.6 is 11.6 Å². The molecule has 5 rings (SSSR count). The molecule has 6 nitrogen and oxygen atoms in total. The molecule has 0 amide bonds. The van der Waals surface area contributed by atoms with Gasteiger partial charge in [0.1, 0.15) is 5.82 Å². The lowest BCUT2D eigenvalue weighted by Gasteiger charge is -2.11. The summed E-state index contributed by atoms with van der Waals surface area (Å²) in [7, 11) is 0. The van der Waals surface area contributed by atoms with Crippen molar-refractivity contribution in [1.82, 2.24) is 15.0 Å². The SMILES string of the molecule is CCCCc1ccc(-c2cc(Nc3ccc4nc(-c5ccc(Cl)cc5)cc(N)c4c3)nc(N)n2)cc1. The van der Waals surface area contributed by atoms with Gasteiger partial charge in [-0.15, -0.1) is 0 Å². The number of halogens is 1. The zero-order valence-electron chi connectivity index (χ0n) is 20.0. The zero-order valence-corrected chi connectivity index (χ0v) is 20.8. The molecule has 0 saturated heterocycles. The maximum absolute atomic E-state index is 6.41. The summed E-state index contributed by atoms with van der Waals surface area (Å²) in [6, 6.07) is 25.6. The third-order valence-electron chi connectivity index (χ3n) is 6.07. The van der Waals surface area contributed by atoms with Crippen molar-refractivity contribution in [3.63, 3.8) is 0 Å². The summed E-state index contributed by atoms with van der Waals surface area (Å²) in [5, 5.41) is 4.87. The van der Waals surface area contributed by atoms with E-state index in [0.29, 0.717) is 16.5 Å². The first-order valence-corrected chi connectivity index (χ1v) is 12.3. The Labute approximate surface area is 215 Å². The van der Waals surface area contributed by atoms with E-state index in [0.717, 1.165) is 45.5 Å². The minimum Gasteiger partial charge on any atom is -0.398 e. The van der Waals surface area contributed by atoms with Crippen molar-refractivity contribution in [3.05, 3.63) is 89.4 Å². The fourth-order valence-electron chi connectivity index (χ4n) is 4.15. The molecule has 0 spiro atoms. The Morgan fingerprint density at radius 1 is 0.778 bits per heavy atom. The Morgan fingerprint density at radius 3 is 2.19 bits per heavy atom. The van der Waals surface area contributed by atoms with E-state index in [1.54, 1.807) is 0 Å². The second-order valence-electron chi connectivity index (χ2n) is 8.76. The van der Waals surface area contributed by atoms with Crippen LogP contribution in [0.4, 0.5) is 23.1 Å². The average molecular weight is 495 g/mol. The van der Waals surface area contributed by atoms with E-state index >= 15 is 0 Å². The van der Waals surface area contributed by atoms with Gasteiger partial charge in [0.2, 0.25) is 5.95 Å². The normalized spacial score (nSPS) is 11.1. The summed E-state index contributed by atoms with van der Waals surface area (Å²) in [5.74, 6) is 0.816. The molecule has 0 atom stereocenters. The van der Waals surface area contributed by atoms with Crippen molar-refractivity contribution in [2.24, 2.45) is 0 Å². The lowest BCUT2D eigenvalue weighted by Crippen LogP contribution is -2.02. The van der Waals surface area contributed by atoms with E-state index in [1.807, 2.05) is 54.6 Å². The molecular formula is C29H27ClN6. The number of nitrogens with zero attached hydrogens (tertiary/aromatic N) is 3. The Hall–Kier alpha value is -4.16. The maximum atomic E-state index is 6.41. The number of pyridine rings is 1. The molecular weight excluding hydrogens is 468 g/mol. The first-order valence-electron chi connectivity index (χ1n) is 12.0. The van der Waals surface area contributed by atoms with Gasteiger partial charge in [0, 0.05) is 39.0 Å². The molecule has 5 aromatic rings. The first-order chi connectivity index (χ1) is 17.5. The van der Waals surface area contributed by atoms with Crippen LogP contribution in [0, 0.1) is 0 Å². The first kappa shape index (κ1) is 23.6. The van der Waals surface area contributed by atoms with Crippen LogP contribution in [0.25, 0.3) is 33.4 Å². The smallest absolute Gasteiger partial charge is 0.222 e. The number of nitrogen functional groups attached to an aromatic ring is 2. The van der Waals surface area contributed by atoms with Gasteiger partial charge in [-0.3, -0.25) is 0 Å². The molecule has 3 aromatic carbocycles. The van der Waals surface area contributed by atoms with Crippen LogP contribution < -0.4 is 16.8 Å². The molecule has 0 unspecified atom stereocenters. The fourth-order valence-corrected chi connectivity index (χ4v) is 4.27. The number of rotatable bonds is 7. The Balaban J connectivity index is 1.41. The number of unbranched alkanes of at least 4 members (excludes halogenated alkanes) is 1. The van der Waals surface area contributed by atoms with Crippen molar-refractivity contribution in [3.8, 4) is 22.5 Å². The Bertz CT molecular complexity index is 1510. The van der Waals surface area contributed by atoms with Gasteiger partial charge < -0.3 is 16.8 Å². The van der Waals surface area contributed by atoms with Crippen molar-refractivity contribution in [2.45, 2.75) is 26.2 Å². The van der Waals surface area contributed by atoms with E-state index in [9.17, 15) is 0 Å². The van der Waals surface area contributed by atoms with Gasteiger partial charge in [0.25, 0.3) is 0 Å². The van der Waals surface area contributed by atoms with Crippen LogP contribution in [-0.2, 0) is 6.42 Å². The molecule has 0 bridgehead atoms. The minimum atomic E-state index is 0.208. The highest BCUT2D eigenvalue weighted by Crippen LogP contribution is 2.30. The van der Waals surface area contributed by atoms with E-state index in [-0.39, 0.29) is 5.95 Å². The van der Waals surface area contributed by atoms with Crippen molar-refractivity contribution in [2.75, 3.05) is 16.8 Å². The second-order valence-corrected chi connectivity index (χ2v) is 9.19. The van der Waals surface area contributed by atoms with Gasteiger partial charge >= 0.3 is 0 Å². The van der Waals surface area contributed by atoms with Gasteiger partial charge in [-0.25, -0.2) is 9.97 Å². The zero-order chi connectivity index (χ0) is 25.1. The van der Waals surface area contributed by atoms with Crippen LogP contribution in [0.1, 0.15) is 25.3 Å². The lowest BCUT2D eigenvalue weighted by molar-refractivity contribution is 0.795. The van der Waals surface area contributed by atoms with Crippen LogP contribution in [-0.4, -0.2) is 15.0 Å². The molecule has 5 N–H and O–H groups in total. The monoisotopic (exact) mass is 494 g/mol. The lowest BCUT2D eigenvalue weighted by atomic mass is 10.0. The largest absolute Gasteiger partial charge is 0.398 e. The number of aromatic nitrogens is 3. The third-order valence-corrected chi connectivity index (χ3v) is 6.32. The number of nitrogens with two attached hydrogens (primary N) is 2. The summed E-state index contributed by atoms with van der Waals surface area (Å²) < 4.78 is 0. The molecule has 0 fully saturated rings. The van der Waals surface area contributed by atoms with E-state index in [2.05, 4.69) is 46.5 Å². The van der Waals surface area contributed by atoms with E-state index < -0.39 is 0 Å². The van der Waals surface area contributed by atoms with Gasteiger partial charge in [-0.1, -0.05) is 61.3 Å². The number of anilines is 4. The average Bonchev–Trinajstić information content (AvgIpc) is 2.88. The predicted octanol–water partition coefficient (Wildman–Crippen LogP) is 7.26. The molecule has 2 aromatic heterocycles. The molecule has 2 heterocycles. The number of benzene rings is 3. The molecule has 0 aliphatic rings. The van der Waals surface area contributed by atoms with Gasteiger partial charge in [-0.2, -0.15) is 4.98 Å². The van der Waals surface area contributed by atoms with Crippen molar-refractivity contribution >= 4 is 45.6 Å². The predicted molar refractivity (Wildman–Crippen MR) is 150 cm³/mol. The van der Waals surface area contributed by atoms with Crippen LogP contribution in [0.2, 0.25) is 5.02 Å². The van der Waals surface area contributed by atoms with Crippen LogP contribution in [0.15, 0.2) is 78.9 Å². The number of nitrogens with one attached hydrogen (secondary N) is 1. The Kier molecular flexibility index (Phi) is 6.69. The molecule has 0 aliphatic carbocycles. The summed E-state index contributed by atoms with van der Waals surface area (Å²) in [6.07, 6.45) is 3.44. The van der Waals surface area contributed by atoms with Crippen LogP contribution in [0.5, 0.6) is 0 Å². The molecule has 36 heavy (non-hydrogen) atoms. The highest BCUT2D eigenvalue weighted by molar-refractivity contribution is 6.30. The van der Waals surface area contributed by atoms with E-state index in [1.165, 1.54) is 18.4 Å². The van der Waals surface area contributed by atoms with Crippen molar-refractivity contribution < 1.29 is 0 Å². The van der Waals surface area contributed by atoms with Crippen LogP contribution in [0.3, 0.4) is 0 Å². The molecule has 7 heteroatoms. The number of fused-ring (bicyclic) bond motifs is 1. The second kappa shape index (κ2) is 10.2. The molecule has 0 radical (unpaired) electrons. The van der Waals surface area contributed by atoms with Crippen molar-refractivity contribution in [1.29, 1.82) is 0 Å². The quantitative estimate of drug-likeness (QED) is 0.220. The highest BCUT2D eigenvalue weighted by atomic mass is 35.5. The van der Waals surface area contributed by atoms with Gasteiger partial charge in [-0.05, 0) is 54.8 Å². The Morgan fingerprint density at radius 2 is 1.47 bits per heavy atom. The van der Waals surface area contributed by atoms with E-state index in [4.69, 9.17) is 28.1 Å². The number of hydrogen-bond acceptors (Lipinski definition) is 6. The fraction of sp³-hybridized carbons (Fsp3) is 0.138. The maximum Gasteiger partial charge on any atom is 0.222 e. The summed E-state index contributed by atoms with van der Waals surface area (Å²) in [5.41, 5.74) is 19.6. The minimum absolute atomic E-state index is 0.208. The molecule has 180 valence electrons. The third kappa shape index (κ3) is 5.24. The van der Waals surface area contributed by atoms with Gasteiger partial charge in [0.05, 0.1) is 16.9 Å². The summed E-state index contributed by atoms with van der Waals surface area (Å²) in [4.78, 5) is 13.6. The standard InChI is InChI=1S/C29H27ClN6/c1-2-3-4-18-5-7-19(8-6-18)27-17-28(36-29(32)35-27)33-22-13-14-25-23(15-22)24(31)16-26(34-25)20-9-11-21(30)12-10-20/h5-17H,2-4H2,1H3,(H2,31,34)(H3,32,33,35,36). The summed E-state index contributed by atoms with van der Waals surface area (Å²) in [6.45, 7) is 2.20. The summed E-state index contributed by atoms with van der Waals surface area (Å²) >= 11 is 6.02. The molecule has 0 aliphatic heterocycles.